The van der Waals surface area contributed by atoms with Crippen LogP contribution >= 0.6 is 0 Å². The highest BCUT2D eigenvalue weighted by molar-refractivity contribution is 6.07. The fraction of sp³-hybridized carbons (Fsp3) is 0.286. The largest absolute Gasteiger partial charge is 0.375 e. The highest BCUT2D eigenvalue weighted by Crippen LogP contribution is 2.51. The minimum Gasteiger partial charge on any atom is -0.375 e. The number of anilines is 1. The second-order valence-electron chi connectivity index (χ2n) is 7.03. The van der Waals surface area contributed by atoms with Crippen molar-refractivity contribution in [3.8, 4) is 0 Å². The Morgan fingerprint density at radius 1 is 1.21 bits per heavy atom. The summed E-state index contributed by atoms with van der Waals surface area (Å²) in [6.07, 6.45) is 1.66. The molecule has 0 saturated heterocycles. The van der Waals surface area contributed by atoms with Gasteiger partial charge >= 0.3 is 0 Å². The van der Waals surface area contributed by atoms with Crippen LogP contribution in [0.2, 0.25) is 0 Å². The predicted octanol–water partition coefficient (Wildman–Crippen LogP) is 3.94. The van der Waals surface area contributed by atoms with E-state index in [4.69, 9.17) is 0 Å². The average Bonchev–Trinajstić information content (AvgIpc) is 2.79. The van der Waals surface area contributed by atoms with Crippen molar-refractivity contribution < 1.29 is 9.90 Å². The summed E-state index contributed by atoms with van der Waals surface area (Å²) in [5, 5.41) is 11.5. The molecule has 2 aromatic carbocycles. The van der Waals surface area contributed by atoms with Gasteiger partial charge in [-0.2, -0.15) is 0 Å². The molecule has 0 saturated carbocycles. The first-order chi connectivity index (χ1) is 11.3. The van der Waals surface area contributed by atoms with Crippen LogP contribution in [0.5, 0.6) is 0 Å². The zero-order valence-electron chi connectivity index (χ0n) is 14.4. The lowest BCUT2D eigenvalue weighted by molar-refractivity contribution is -0.146. The highest BCUT2D eigenvalue weighted by atomic mass is 16.3. The van der Waals surface area contributed by atoms with E-state index in [1.54, 1.807) is 11.0 Å². The zero-order valence-corrected chi connectivity index (χ0v) is 14.4. The Hall–Kier alpha value is -2.39. The van der Waals surface area contributed by atoms with Crippen molar-refractivity contribution in [2.45, 2.75) is 32.9 Å². The number of aryl methyl sites for hydroxylation is 1. The summed E-state index contributed by atoms with van der Waals surface area (Å²) in [7, 11) is 0. The summed E-state index contributed by atoms with van der Waals surface area (Å²) < 4.78 is 0. The monoisotopic (exact) mass is 321 g/mol. The maximum Gasteiger partial charge on any atom is 0.264 e. The third-order valence-corrected chi connectivity index (χ3v) is 5.01. The van der Waals surface area contributed by atoms with Crippen molar-refractivity contribution in [1.29, 1.82) is 0 Å². The zero-order chi connectivity index (χ0) is 17.5. The van der Waals surface area contributed by atoms with E-state index in [9.17, 15) is 9.90 Å². The van der Waals surface area contributed by atoms with E-state index in [1.807, 2.05) is 69.3 Å². The fourth-order valence-electron chi connectivity index (χ4n) is 3.29. The molecule has 0 fully saturated rings. The quantitative estimate of drug-likeness (QED) is 0.867. The summed E-state index contributed by atoms with van der Waals surface area (Å²) in [5.41, 5.74) is 1.09. The van der Waals surface area contributed by atoms with Gasteiger partial charge in [-0.15, -0.1) is 6.58 Å². The van der Waals surface area contributed by atoms with Crippen molar-refractivity contribution in [2.75, 3.05) is 4.90 Å². The van der Waals surface area contributed by atoms with Gasteiger partial charge in [-0.3, -0.25) is 4.79 Å². The molecule has 3 rings (SSSR count). The molecular formula is C21H23NO2. The van der Waals surface area contributed by atoms with Crippen LogP contribution in [0.1, 0.15) is 30.5 Å². The molecule has 0 unspecified atom stereocenters. The molecule has 3 heteroatoms. The number of amides is 1. The standard InChI is InChI=1S/C21H23NO2/c1-5-20(3,4)21(24)17-13-15(2)11-12-18(17)22(19(21)23)14-16-9-7-6-8-10-16/h5-13,24H,1,14H2,2-4H3/t21-/m1/s1. The van der Waals surface area contributed by atoms with Crippen LogP contribution in [0.4, 0.5) is 5.69 Å². The van der Waals surface area contributed by atoms with E-state index in [1.165, 1.54) is 0 Å². The Balaban J connectivity index is 2.15. The van der Waals surface area contributed by atoms with Gasteiger partial charge in [-0.1, -0.05) is 68.0 Å². The summed E-state index contributed by atoms with van der Waals surface area (Å²) >= 11 is 0. The molecule has 2 aromatic rings. The summed E-state index contributed by atoms with van der Waals surface area (Å²) in [5.74, 6) is -0.295. The second-order valence-corrected chi connectivity index (χ2v) is 7.03. The maximum absolute atomic E-state index is 13.2. The van der Waals surface area contributed by atoms with E-state index >= 15 is 0 Å². The molecule has 0 bridgehead atoms. The van der Waals surface area contributed by atoms with Crippen molar-refractivity contribution in [1.82, 2.24) is 0 Å². The van der Waals surface area contributed by atoms with Crippen LogP contribution in [-0.2, 0) is 16.9 Å². The van der Waals surface area contributed by atoms with Crippen LogP contribution in [0.25, 0.3) is 0 Å². The van der Waals surface area contributed by atoms with Gasteiger partial charge in [0.15, 0.2) is 5.60 Å². The number of carbonyl (C=O) groups is 1. The number of carbonyl (C=O) groups excluding carboxylic acids is 1. The van der Waals surface area contributed by atoms with Crippen molar-refractivity contribution in [2.24, 2.45) is 5.41 Å². The lowest BCUT2D eigenvalue weighted by Crippen LogP contribution is -2.49. The number of fused-ring (bicyclic) bond motifs is 1. The molecule has 1 amide bonds. The van der Waals surface area contributed by atoms with Crippen LogP contribution < -0.4 is 4.90 Å². The third-order valence-electron chi connectivity index (χ3n) is 5.01. The Kier molecular flexibility index (Phi) is 3.84. The van der Waals surface area contributed by atoms with Gasteiger partial charge in [0.1, 0.15) is 0 Å². The fourth-order valence-corrected chi connectivity index (χ4v) is 3.29. The van der Waals surface area contributed by atoms with Gasteiger partial charge in [0.2, 0.25) is 0 Å². The topological polar surface area (TPSA) is 40.5 Å². The van der Waals surface area contributed by atoms with Gasteiger partial charge < -0.3 is 10.0 Å². The third kappa shape index (κ3) is 2.28. The molecule has 0 aromatic heterocycles. The van der Waals surface area contributed by atoms with Gasteiger partial charge in [0.25, 0.3) is 5.91 Å². The first-order valence-corrected chi connectivity index (χ1v) is 8.14. The van der Waals surface area contributed by atoms with E-state index in [0.29, 0.717) is 12.1 Å². The van der Waals surface area contributed by atoms with Crippen LogP contribution in [-0.4, -0.2) is 11.0 Å². The minimum atomic E-state index is -1.61. The molecule has 1 atom stereocenters. The molecule has 1 N–H and O–H groups in total. The number of rotatable bonds is 4. The number of hydrogen-bond donors (Lipinski definition) is 1. The van der Waals surface area contributed by atoms with E-state index < -0.39 is 11.0 Å². The Morgan fingerprint density at radius 3 is 2.50 bits per heavy atom. The molecule has 1 aliphatic rings. The molecule has 124 valence electrons. The number of nitrogens with zero attached hydrogens (tertiary/aromatic N) is 1. The van der Waals surface area contributed by atoms with Gasteiger partial charge in [0, 0.05) is 11.0 Å². The highest BCUT2D eigenvalue weighted by Gasteiger charge is 2.57. The first-order valence-electron chi connectivity index (χ1n) is 8.14. The van der Waals surface area contributed by atoms with Crippen molar-refractivity contribution >= 4 is 11.6 Å². The van der Waals surface area contributed by atoms with Gasteiger partial charge in [-0.25, -0.2) is 0 Å². The first kappa shape index (κ1) is 16.5. The number of benzene rings is 2. The van der Waals surface area contributed by atoms with E-state index in [0.717, 1.165) is 16.8 Å². The molecule has 0 radical (unpaired) electrons. The van der Waals surface area contributed by atoms with E-state index in [2.05, 4.69) is 6.58 Å². The lowest BCUT2D eigenvalue weighted by Gasteiger charge is -2.36. The Morgan fingerprint density at radius 2 is 1.88 bits per heavy atom. The molecule has 0 spiro atoms. The second kappa shape index (κ2) is 5.60. The molecule has 0 aliphatic carbocycles. The number of aliphatic hydroxyl groups is 1. The molecule has 1 heterocycles. The Bertz CT molecular complexity index is 795. The summed E-state index contributed by atoms with van der Waals surface area (Å²) in [6.45, 7) is 9.92. The minimum absolute atomic E-state index is 0.295. The molecule has 1 aliphatic heterocycles. The van der Waals surface area contributed by atoms with Crippen molar-refractivity contribution in [3.05, 3.63) is 77.9 Å². The molecular weight excluding hydrogens is 298 g/mol. The number of hydrogen-bond acceptors (Lipinski definition) is 2. The molecule has 3 nitrogen and oxygen atoms in total. The smallest absolute Gasteiger partial charge is 0.264 e. The maximum atomic E-state index is 13.2. The average molecular weight is 321 g/mol. The van der Waals surface area contributed by atoms with E-state index in [-0.39, 0.29) is 5.91 Å². The summed E-state index contributed by atoms with van der Waals surface area (Å²) in [6, 6.07) is 15.6. The van der Waals surface area contributed by atoms with Gasteiger partial charge in [0.05, 0.1) is 12.2 Å². The lowest BCUT2D eigenvalue weighted by atomic mass is 9.71. The van der Waals surface area contributed by atoms with Crippen LogP contribution in [0.15, 0.2) is 61.2 Å². The molecule has 24 heavy (non-hydrogen) atoms. The van der Waals surface area contributed by atoms with Gasteiger partial charge in [-0.05, 0) is 18.6 Å². The van der Waals surface area contributed by atoms with Crippen molar-refractivity contribution in [3.63, 3.8) is 0 Å². The predicted molar refractivity (Wildman–Crippen MR) is 96.7 cm³/mol. The van der Waals surface area contributed by atoms with Crippen LogP contribution in [0, 0.1) is 12.3 Å². The van der Waals surface area contributed by atoms with Crippen LogP contribution in [0.3, 0.4) is 0 Å². The SMILES string of the molecule is C=CC(C)(C)[C@]1(O)C(=O)N(Cc2ccccc2)c2ccc(C)cc21. The summed E-state index contributed by atoms with van der Waals surface area (Å²) in [4.78, 5) is 14.9. The Labute approximate surface area is 143 Å². The normalized spacial score (nSPS) is 20.2.